The number of rotatable bonds is 7. The van der Waals surface area contributed by atoms with Gasteiger partial charge in [-0.3, -0.25) is 9.78 Å². The predicted molar refractivity (Wildman–Crippen MR) is 103 cm³/mol. The number of carbonyl (C=O) groups excluding carboxylic acids is 1. The zero-order valence-electron chi connectivity index (χ0n) is 14.0. The van der Waals surface area contributed by atoms with Crippen LogP contribution >= 0.6 is 11.8 Å². The average Bonchev–Trinajstić information content (AvgIpc) is 2.67. The topological polar surface area (TPSA) is 79.3 Å². The van der Waals surface area contributed by atoms with E-state index in [1.54, 1.807) is 18.2 Å². The van der Waals surface area contributed by atoms with E-state index in [1.807, 2.05) is 18.2 Å². The van der Waals surface area contributed by atoms with E-state index in [0.717, 1.165) is 10.9 Å². The molecular formula is C20H18N2O3S. The van der Waals surface area contributed by atoms with Crippen LogP contribution in [0.4, 0.5) is 0 Å². The highest BCUT2D eigenvalue weighted by atomic mass is 32.2. The second-order valence-corrected chi connectivity index (χ2v) is 6.81. The average molecular weight is 366 g/mol. The zero-order valence-corrected chi connectivity index (χ0v) is 14.8. The highest BCUT2D eigenvalue weighted by molar-refractivity contribution is 7.98. The Hall–Kier alpha value is -2.86. The predicted octanol–water partition coefficient (Wildman–Crippen LogP) is 3.35. The minimum absolute atomic E-state index is 0.207. The van der Waals surface area contributed by atoms with Gasteiger partial charge in [0.25, 0.3) is 5.91 Å². The van der Waals surface area contributed by atoms with Crippen LogP contribution in [0.25, 0.3) is 10.8 Å². The standard InChI is InChI=1S/C20H18N2O3S/c23-19(17-7-3-4-10-21-17)22-18(20(24)25)13-26-12-14-8-9-15-5-1-2-6-16(15)11-14/h1-11,18H,12-13H2,(H,22,23)(H,24,25)/t18-/m0/s1. The maximum absolute atomic E-state index is 12.1. The van der Waals surface area contributed by atoms with Gasteiger partial charge in [-0.05, 0) is 28.5 Å². The summed E-state index contributed by atoms with van der Waals surface area (Å²) in [6.45, 7) is 0. The molecule has 1 aromatic heterocycles. The van der Waals surface area contributed by atoms with Gasteiger partial charge < -0.3 is 10.4 Å². The number of amides is 1. The molecule has 0 saturated heterocycles. The monoisotopic (exact) mass is 366 g/mol. The summed E-state index contributed by atoms with van der Waals surface area (Å²) in [5.41, 5.74) is 1.33. The van der Waals surface area contributed by atoms with Gasteiger partial charge in [0.05, 0.1) is 0 Å². The van der Waals surface area contributed by atoms with Gasteiger partial charge >= 0.3 is 5.97 Å². The van der Waals surface area contributed by atoms with E-state index in [9.17, 15) is 14.7 Å². The van der Waals surface area contributed by atoms with Gasteiger partial charge in [-0.2, -0.15) is 11.8 Å². The fraction of sp³-hybridized carbons (Fsp3) is 0.150. The molecule has 0 aliphatic heterocycles. The molecule has 6 heteroatoms. The highest BCUT2D eigenvalue weighted by Gasteiger charge is 2.21. The van der Waals surface area contributed by atoms with Gasteiger partial charge in [0.2, 0.25) is 0 Å². The van der Waals surface area contributed by atoms with Gasteiger partial charge in [-0.1, -0.05) is 48.5 Å². The number of nitrogens with zero attached hydrogens (tertiary/aromatic N) is 1. The third kappa shape index (κ3) is 4.61. The largest absolute Gasteiger partial charge is 0.480 e. The Kier molecular flexibility index (Phi) is 5.86. The van der Waals surface area contributed by atoms with E-state index in [2.05, 4.69) is 34.6 Å². The molecule has 0 bridgehead atoms. The summed E-state index contributed by atoms with van der Waals surface area (Å²) >= 11 is 1.47. The number of hydrogen-bond acceptors (Lipinski definition) is 4. The van der Waals surface area contributed by atoms with E-state index in [-0.39, 0.29) is 11.4 Å². The number of carboxylic acids is 1. The fourth-order valence-electron chi connectivity index (χ4n) is 2.53. The second kappa shape index (κ2) is 8.49. The van der Waals surface area contributed by atoms with Gasteiger partial charge in [0.1, 0.15) is 11.7 Å². The summed E-state index contributed by atoms with van der Waals surface area (Å²) in [4.78, 5) is 27.5. The molecule has 5 nitrogen and oxygen atoms in total. The number of hydrogen-bond donors (Lipinski definition) is 2. The Morgan fingerprint density at radius 1 is 1.04 bits per heavy atom. The lowest BCUT2D eigenvalue weighted by Gasteiger charge is -2.14. The molecule has 2 aromatic carbocycles. The Labute approximate surface area is 155 Å². The fourth-order valence-corrected chi connectivity index (χ4v) is 3.52. The second-order valence-electron chi connectivity index (χ2n) is 5.78. The third-order valence-electron chi connectivity index (χ3n) is 3.87. The van der Waals surface area contributed by atoms with Crippen LogP contribution in [0.1, 0.15) is 16.1 Å². The lowest BCUT2D eigenvalue weighted by atomic mass is 10.1. The van der Waals surface area contributed by atoms with Crippen LogP contribution in [-0.4, -0.2) is 33.8 Å². The molecule has 1 heterocycles. The van der Waals surface area contributed by atoms with Crippen LogP contribution < -0.4 is 5.32 Å². The van der Waals surface area contributed by atoms with Crippen LogP contribution in [0.5, 0.6) is 0 Å². The molecule has 1 atom stereocenters. The number of nitrogens with one attached hydrogen (secondary N) is 1. The molecule has 132 valence electrons. The Bertz CT molecular complexity index is 915. The van der Waals surface area contributed by atoms with Crippen molar-refractivity contribution in [3.63, 3.8) is 0 Å². The van der Waals surface area contributed by atoms with Gasteiger partial charge in [-0.15, -0.1) is 0 Å². The SMILES string of the molecule is O=C(N[C@@H](CSCc1ccc2ccccc2c1)C(=O)O)c1ccccn1. The quantitative estimate of drug-likeness (QED) is 0.670. The molecule has 26 heavy (non-hydrogen) atoms. The minimum Gasteiger partial charge on any atom is -0.480 e. The molecule has 3 rings (SSSR count). The van der Waals surface area contributed by atoms with Crippen molar-refractivity contribution in [3.8, 4) is 0 Å². The first-order valence-electron chi connectivity index (χ1n) is 8.13. The normalized spacial score (nSPS) is 11.8. The van der Waals surface area contributed by atoms with E-state index in [0.29, 0.717) is 5.75 Å². The number of aromatic nitrogens is 1. The first-order chi connectivity index (χ1) is 12.6. The lowest BCUT2D eigenvalue weighted by Crippen LogP contribution is -2.42. The number of fused-ring (bicyclic) bond motifs is 1. The molecule has 0 saturated carbocycles. The molecule has 0 fully saturated rings. The molecule has 0 aliphatic carbocycles. The van der Waals surface area contributed by atoms with Crippen molar-refractivity contribution in [2.75, 3.05) is 5.75 Å². The molecule has 3 aromatic rings. The molecule has 0 unspecified atom stereocenters. The molecule has 2 N–H and O–H groups in total. The summed E-state index contributed by atoms with van der Waals surface area (Å²) in [7, 11) is 0. The van der Waals surface area contributed by atoms with Gasteiger partial charge in [-0.25, -0.2) is 4.79 Å². The van der Waals surface area contributed by atoms with Crippen molar-refractivity contribution in [3.05, 3.63) is 78.1 Å². The Morgan fingerprint density at radius 2 is 1.81 bits per heavy atom. The van der Waals surface area contributed by atoms with Crippen LogP contribution in [0.2, 0.25) is 0 Å². The highest BCUT2D eigenvalue weighted by Crippen LogP contribution is 2.20. The van der Waals surface area contributed by atoms with Crippen molar-refractivity contribution in [1.29, 1.82) is 0 Å². The number of benzene rings is 2. The van der Waals surface area contributed by atoms with Crippen LogP contribution in [0, 0.1) is 0 Å². The molecule has 0 aliphatic rings. The van der Waals surface area contributed by atoms with E-state index < -0.39 is 17.9 Å². The van der Waals surface area contributed by atoms with E-state index >= 15 is 0 Å². The van der Waals surface area contributed by atoms with Crippen molar-refractivity contribution in [2.24, 2.45) is 0 Å². The summed E-state index contributed by atoms with van der Waals surface area (Å²) in [5.74, 6) is -0.584. The Balaban J connectivity index is 1.58. The lowest BCUT2D eigenvalue weighted by molar-refractivity contribution is -0.138. The maximum atomic E-state index is 12.1. The molecule has 1 amide bonds. The number of pyridine rings is 1. The van der Waals surface area contributed by atoms with Crippen molar-refractivity contribution >= 4 is 34.4 Å². The van der Waals surface area contributed by atoms with Gasteiger partial charge in [0.15, 0.2) is 0 Å². The summed E-state index contributed by atoms with van der Waals surface area (Å²) in [5, 5.41) is 14.2. The smallest absolute Gasteiger partial charge is 0.327 e. The van der Waals surface area contributed by atoms with Crippen LogP contribution in [0.3, 0.4) is 0 Å². The summed E-state index contributed by atoms with van der Waals surface area (Å²) in [6.07, 6.45) is 1.50. The number of thioether (sulfide) groups is 1. The van der Waals surface area contributed by atoms with E-state index in [1.165, 1.54) is 23.3 Å². The molecular weight excluding hydrogens is 348 g/mol. The minimum atomic E-state index is -1.06. The number of carboxylic acid groups (broad SMARTS) is 1. The van der Waals surface area contributed by atoms with Crippen LogP contribution in [0.15, 0.2) is 66.9 Å². The summed E-state index contributed by atoms with van der Waals surface area (Å²) < 4.78 is 0. The first-order valence-corrected chi connectivity index (χ1v) is 9.29. The third-order valence-corrected chi connectivity index (χ3v) is 4.97. The van der Waals surface area contributed by atoms with Crippen molar-refractivity contribution < 1.29 is 14.7 Å². The van der Waals surface area contributed by atoms with Gasteiger partial charge in [0, 0.05) is 17.7 Å². The first kappa shape index (κ1) is 17.9. The molecule has 0 radical (unpaired) electrons. The number of carbonyl (C=O) groups is 2. The number of aliphatic carboxylic acids is 1. The van der Waals surface area contributed by atoms with Crippen molar-refractivity contribution in [1.82, 2.24) is 10.3 Å². The van der Waals surface area contributed by atoms with Crippen molar-refractivity contribution in [2.45, 2.75) is 11.8 Å². The van der Waals surface area contributed by atoms with E-state index in [4.69, 9.17) is 0 Å². The van der Waals surface area contributed by atoms with Crippen LogP contribution in [-0.2, 0) is 10.5 Å². The molecule has 0 spiro atoms. The summed E-state index contributed by atoms with van der Waals surface area (Å²) in [6, 6.07) is 18.3. The zero-order chi connectivity index (χ0) is 18.4. The Morgan fingerprint density at radius 3 is 2.54 bits per heavy atom. The maximum Gasteiger partial charge on any atom is 0.327 e.